The van der Waals surface area contributed by atoms with E-state index in [1.165, 1.54) is 7.05 Å². The zero-order chi connectivity index (χ0) is 21.5. The number of carbonyl (C=O) groups excluding carboxylic acids is 1. The van der Waals surface area contributed by atoms with E-state index >= 15 is 0 Å². The maximum Gasteiger partial charge on any atom is 0.282 e. The Morgan fingerprint density at radius 1 is 1.27 bits per heavy atom. The van der Waals surface area contributed by atoms with Crippen molar-refractivity contribution >= 4 is 21.5 Å². The number of aromatic nitrogens is 1. The average molecular weight is 428 g/mol. The molecule has 1 aromatic carbocycles. The maximum atomic E-state index is 13.6. The van der Waals surface area contributed by atoms with Crippen LogP contribution in [0.15, 0.2) is 47.1 Å². The third kappa shape index (κ3) is 3.50. The van der Waals surface area contributed by atoms with Gasteiger partial charge in [0.25, 0.3) is 10.0 Å². The Morgan fingerprint density at radius 2 is 2.00 bits per heavy atom. The van der Waals surface area contributed by atoms with Crippen LogP contribution in [0.2, 0.25) is 0 Å². The van der Waals surface area contributed by atoms with E-state index in [2.05, 4.69) is 10.3 Å². The van der Waals surface area contributed by atoms with Gasteiger partial charge >= 0.3 is 0 Å². The number of sulfonamides is 1. The molecule has 1 fully saturated rings. The van der Waals surface area contributed by atoms with Crippen LogP contribution in [-0.2, 0) is 14.8 Å². The van der Waals surface area contributed by atoms with Gasteiger partial charge < -0.3 is 10.1 Å². The molecule has 7 nitrogen and oxygen atoms in total. The number of hydrogen-bond donors (Lipinski definition) is 1. The molecular formula is C22H25N3O4S. The number of Topliss-reactive ketones (excluding diaryl/α,β-unsaturated/α-hetero) is 1. The number of nitrogens with one attached hydrogen (secondary N) is 1. The molecule has 1 unspecified atom stereocenters. The largest absolute Gasteiger partial charge is 0.380 e. The molecule has 3 heterocycles. The molecule has 2 aromatic rings. The summed E-state index contributed by atoms with van der Waals surface area (Å²) in [5.41, 5.74) is 2.61. The molecule has 1 aromatic heterocycles. The summed E-state index contributed by atoms with van der Waals surface area (Å²) < 4.78 is 33.3. The molecule has 0 aliphatic carbocycles. The molecule has 8 heteroatoms. The van der Waals surface area contributed by atoms with Crippen molar-refractivity contribution in [1.82, 2.24) is 14.6 Å². The molecule has 4 rings (SSSR count). The van der Waals surface area contributed by atoms with Gasteiger partial charge in [-0.3, -0.25) is 9.10 Å². The smallest absolute Gasteiger partial charge is 0.282 e. The zero-order valence-electron chi connectivity index (χ0n) is 17.3. The van der Waals surface area contributed by atoms with Gasteiger partial charge in [0, 0.05) is 25.9 Å². The molecule has 0 spiro atoms. The Balaban J connectivity index is 1.90. The summed E-state index contributed by atoms with van der Waals surface area (Å²) in [6.45, 7) is 4.67. The van der Waals surface area contributed by atoms with Crippen LogP contribution in [0.5, 0.6) is 0 Å². The third-order valence-corrected chi connectivity index (χ3v) is 7.19. The first-order valence-electron chi connectivity index (χ1n) is 9.97. The van der Waals surface area contributed by atoms with Crippen molar-refractivity contribution in [3.8, 4) is 0 Å². The molecule has 0 saturated carbocycles. The fourth-order valence-corrected chi connectivity index (χ4v) is 5.44. The molecule has 1 atom stereocenters. The van der Waals surface area contributed by atoms with Gasteiger partial charge in [-0.05, 0) is 43.9 Å². The first kappa shape index (κ1) is 20.6. The number of rotatable bonds is 4. The lowest BCUT2D eigenvalue weighted by atomic mass is 10.00. The van der Waals surface area contributed by atoms with Crippen LogP contribution in [0, 0.1) is 13.8 Å². The van der Waals surface area contributed by atoms with E-state index < -0.39 is 10.0 Å². The minimum absolute atomic E-state index is 0.0308. The Labute approximate surface area is 176 Å². The minimum atomic E-state index is -3.97. The van der Waals surface area contributed by atoms with Gasteiger partial charge in [-0.15, -0.1) is 0 Å². The molecular weight excluding hydrogens is 402 g/mol. The van der Waals surface area contributed by atoms with Crippen LogP contribution < -0.4 is 5.32 Å². The summed E-state index contributed by atoms with van der Waals surface area (Å²) in [5, 5.41) is 3.14. The first-order valence-corrected chi connectivity index (χ1v) is 11.4. The summed E-state index contributed by atoms with van der Waals surface area (Å²) in [6, 6.07) is 11.0. The van der Waals surface area contributed by atoms with Crippen molar-refractivity contribution in [2.45, 2.75) is 37.8 Å². The highest BCUT2D eigenvalue weighted by molar-refractivity contribution is 7.89. The molecule has 1 saturated heterocycles. The van der Waals surface area contributed by atoms with Crippen LogP contribution in [0.4, 0.5) is 0 Å². The Bertz CT molecular complexity index is 1120. The summed E-state index contributed by atoms with van der Waals surface area (Å²) in [5.74, 6) is -0.356. The van der Waals surface area contributed by atoms with E-state index in [-0.39, 0.29) is 28.2 Å². The summed E-state index contributed by atoms with van der Waals surface area (Å²) in [4.78, 5) is 17.8. The number of ketones is 1. The monoisotopic (exact) mass is 427 g/mol. The van der Waals surface area contributed by atoms with E-state index in [4.69, 9.17) is 4.74 Å². The lowest BCUT2D eigenvalue weighted by Gasteiger charge is -2.31. The number of nitrogens with zero attached hydrogens (tertiary/aromatic N) is 2. The zero-order valence-corrected chi connectivity index (χ0v) is 18.1. The highest BCUT2D eigenvalue weighted by Crippen LogP contribution is 2.35. The number of likely N-dealkylation sites (N-methyl/N-ethyl adjacent to an activating group) is 1. The normalized spacial score (nSPS) is 22.0. The number of allylic oxidation sites excluding steroid dienone is 1. The number of benzene rings is 1. The number of aryl methyl sites for hydroxylation is 2. The lowest BCUT2D eigenvalue weighted by molar-refractivity contribution is 0.100. The van der Waals surface area contributed by atoms with E-state index in [1.54, 1.807) is 19.9 Å². The standard InChI is InChI=1S/C22H25N3O4S/c1-14-12-15(2)24-22-18(14)21(26)20(25(3)30(22,27)28)19(16-8-5-4-6-9-16)23-13-17-10-7-11-29-17/h4-6,8-9,12,17,23H,7,10-11,13H2,1-3H3/b20-19+. The Kier molecular flexibility index (Phi) is 5.38. The summed E-state index contributed by atoms with van der Waals surface area (Å²) in [6.07, 6.45) is 1.95. The maximum absolute atomic E-state index is 13.6. The van der Waals surface area contributed by atoms with Gasteiger partial charge in [0.05, 0.1) is 17.4 Å². The molecule has 30 heavy (non-hydrogen) atoms. The predicted octanol–water partition coefficient (Wildman–Crippen LogP) is 2.65. The van der Waals surface area contributed by atoms with Crippen molar-refractivity contribution in [2.75, 3.05) is 20.2 Å². The second-order valence-corrected chi connectivity index (χ2v) is 9.55. The molecule has 0 amide bonds. The minimum Gasteiger partial charge on any atom is -0.380 e. The van der Waals surface area contributed by atoms with Crippen molar-refractivity contribution < 1.29 is 17.9 Å². The fourth-order valence-electron chi connectivity index (χ4n) is 4.00. The van der Waals surface area contributed by atoms with Gasteiger partial charge in [0.1, 0.15) is 5.70 Å². The average Bonchev–Trinajstić information content (AvgIpc) is 3.23. The van der Waals surface area contributed by atoms with Crippen LogP contribution in [0.3, 0.4) is 0 Å². The molecule has 1 N–H and O–H groups in total. The van der Waals surface area contributed by atoms with Crippen LogP contribution in [0.1, 0.15) is 40.0 Å². The summed E-state index contributed by atoms with van der Waals surface area (Å²) >= 11 is 0. The predicted molar refractivity (Wildman–Crippen MR) is 113 cm³/mol. The van der Waals surface area contributed by atoms with Crippen LogP contribution in [0.25, 0.3) is 5.70 Å². The number of pyridine rings is 1. The van der Waals surface area contributed by atoms with Gasteiger partial charge in [0.15, 0.2) is 5.03 Å². The SMILES string of the molecule is Cc1cc(C)c2c(n1)S(=O)(=O)N(C)/C(=C(/NCC1CCCO1)c1ccccc1)C2=O. The number of carbonyl (C=O) groups is 1. The van der Waals surface area contributed by atoms with Crippen LogP contribution >= 0.6 is 0 Å². The molecule has 158 valence electrons. The summed E-state index contributed by atoms with van der Waals surface area (Å²) in [7, 11) is -2.56. The van der Waals surface area contributed by atoms with Gasteiger partial charge in [-0.2, -0.15) is 8.42 Å². The van der Waals surface area contributed by atoms with Gasteiger partial charge in [-0.1, -0.05) is 30.3 Å². The second kappa shape index (κ2) is 7.85. The highest BCUT2D eigenvalue weighted by atomic mass is 32.2. The molecule has 2 aliphatic rings. The van der Waals surface area contributed by atoms with Crippen molar-refractivity contribution in [2.24, 2.45) is 0 Å². The van der Waals surface area contributed by atoms with E-state index in [9.17, 15) is 13.2 Å². The van der Waals surface area contributed by atoms with Gasteiger partial charge in [-0.25, -0.2) is 4.98 Å². The topological polar surface area (TPSA) is 88.6 Å². The highest BCUT2D eigenvalue weighted by Gasteiger charge is 2.41. The van der Waals surface area contributed by atoms with Crippen LogP contribution in [-0.4, -0.2) is 49.8 Å². The Hall–Kier alpha value is -2.71. The first-order chi connectivity index (χ1) is 14.3. The number of ether oxygens (including phenoxy) is 1. The number of hydrogen-bond acceptors (Lipinski definition) is 6. The number of fused-ring (bicyclic) bond motifs is 1. The second-order valence-electron chi connectivity index (χ2n) is 7.67. The third-order valence-electron chi connectivity index (χ3n) is 5.50. The molecule has 0 bridgehead atoms. The lowest BCUT2D eigenvalue weighted by Crippen LogP contribution is -2.40. The van der Waals surface area contributed by atoms with E-state index in [0.29, 0.717) is 30.1 Å². The quantitative estimate of drug-likeness (QED) is 0.755. The van der Waals surface area contributed by atoms with Crippen molar-refractivity contribution in [3.05, 3.63) is 64.5 Å². The molecule has 2 aliphatic heterocycles. The fraction of sp³-hybridized carbons (Fsp3) is 0.364. The van der Waals surface area contributed by atoms with Gasteiger partial charge in [0.2, 0.25) is 5.78 Å². The van der Waals surface area contributed by atoms with Crippen molar-refractivity contribution in [1.29, 1.82) is 0 Å². The van der Waals surface area contributed by atoms with E-state index in [1.807, 2.05) is 30.3 Å². The molecule has 0 radical (unpaired) electrons. The van der Waals surface area contributed by atoms with Crippen molar-refractivity contribution in [3.63, 3.8) is 0 Å². The van der Waals surface area contributed by atoms with E-state index in [0.717, 1.165) is 22.7 Å². The Morgan fingerprint density at radius 3 is 2.67 bits per heavy atom.